The number of hydrogen-bond donors (Lipinski definition) is 4. The average molecular weight is 543 g/mol. The molecule has 1 saturated heterocycles. The standard InChI is InChI=1S/C20H28O2.C10H14N2O3S/c1-15(8-6-9-16(2)14-19(21)22)11-12-18-17(3)10-7-13-20(18,4)5;13-8(14)4-2-1-3-7-9-6(5-16-7)11-10(15)12-9/h6,8-9,11-12,14H,7,10,13H2,1-5H3,(H,21,22);6H,1-5H2,(H,13,14)(H2,11,12,15)/b9-6+,12-11+,15-8+,16-14+;. The number of rotatable bonds is 10. The van der Waals surface area contributed by atoms with Crippen LogP contribution in [-0.2, 0) is 9.59 Å². The topological polar surface area (TPSA) is 116 Å². The van der Waals surface area contributed by atoms with Gasteiger partial charge in [0, 0.05) is 23.2 Å². The Hall–Kier alpha value is -3.00. The summed E-state index contributed by atoms with van der Waals surface area (Å²) in [6.45, 7) is 10.7. The molecule has 0 aromatic heterocycles. The van der Waals surface area contributed by atoms with Gasteiger partial charge in [-0.05, 0) is 75.9 Å². The molecule has 38 heavy (non-hydrogen) atoms. The van der Waals surface area contributed by atoms with Crippen molar-refractivity contribution in [2.75, 3.05) is 5.75 Å². The molecule has 208 valence electrons. The minimum atomic E-state index is -0.912. The normalized spacial score (nSPS) is 21.4. The number of hydrogen-bond acceptors (Lipinski definition) is 4. The monoisotopic (exact) mass is 542 g/mol. The van der Waals surface area contributed by atoms with Gasteiger partial charge >= 0.3 is 18.0 Å². The smallest absolute Gasteiger partial charge is 0.328 e. The minimum Gasteiger partial charge on any atom is -0.481 e. The first kappa shape index (κ1) is 31.2. The van der Waals surface area contributed by atoms with E-state index in [1.54, 1.807) is 24.8 Å². The van der Waals surface area contributed by atoms with Crippen molar-refractivity contribution >= 4 is 29.7 Å². The Labute approximate surface area is 230 Å². The van der Waals surface area contributed by atoms with Gasteiger partial charge in [-0.3, -0.25) is 4.79 Å². The van der Waals surface area contributed by atoms with E-state index in [-0.39, 0.29) is 23.9 Å². The van der Waals surface area contributed by atoms with Crippen molar-refractivity contribution in [1.82, 2.24) is 10.6 Å². The van der Waals surface area contributed by atoms with E-state index in [0.29, 0.717) is 6.42 Å². The van der Waals surface area contributed by atoms with Crippen LogP contribution in [0.2, 0.25) is 0 Å². The van der Waals surface area contributed by atoms with Crippen LogP contribution in [0.3, 0.4) is 0 Å². The number of carboxylic acid groups (broad SMARTS) is 2. The Morgan fingerprint density at radius 1 is 1.13 bits per heavy atom. The van der Waals surface area contributed by atoms with E-state index >= 15 is 0 Å². The van der Waals surface area contributed by atoms with E-state index in [1.807, 2.05) is 12.2 Å². The Morgan fingerprint density at radius 2 is 1.87 bits per heavy atom. The molecule has 0 radical (unpaired) electrons. The van der Waals surface area contributed by atoms with Crippen LogP contribution in [0.15, 0.2) is 69.4 Å². The Balaban J connectivity index is 0.000000279. The third-order valence-corrected chi connectivity index (χ3v) is 8.07. The van der Waals surface area contributed by atoms with E-state index in [4.69, 9.17) is 10.2 Å². The zero-order valence-electron chi connectivity index (χ0n) is 23.2. The molecule has 1 aliphatic carbocycles. The molecule has 8 heteroatoms. The third kappa shape index (κ3) is 10.4. The van der Waals surface area contributed by atoms with Crippen LogP contribution >= 0.6 is 11.8 Å². The number of amides is 2. The van der Waals surface area contributed by atoms with Gasteiger partial charge in [-0.1, -0.05) is 55.4 Å². The highest BCUT2D eigenvalue weighted by Gasteiger charge is 2.33. The lowest BCUT2D eigenvalue weighted by Gasteiger charge is -2.32. The summed E-state index contributed by atoms with van der Waals surface area (Å²) in [4.78, 5) is 33.2. The molecule has 2 aliphatic heterocycles. The Morgan fingerprint density at radius 3 is 2.53 bits per heavy atom. The number of aliphatic carboxylic acids is 2. The molecule has 0 aromatic rings. The Kier molecular flexibility index (Phi) is 12.2. The molecule has 4 N–H and O–H groups in total. The molecule has 1 unspecified atom stereocenters. The highest BCUT2D eigenvalue weighted by atomic mass is 32.2. The lowest BCUT2D eigenvalue weighted by atomic mass is 9.72. The number of carbonyl (C=O) groups is 3. The van der Waals surface area contributed by atoms with Crippen molar-refractivity contribution in [3.63, 3.8) is 0 Å². The summed E-state index contributed by atoms with van der Waals surface area (Å²) < 4.78 is 0. The second-order valence-corrected chi connectivity index (χ2v) is 11.8. The Bertz CT molecular complexity index is 1090. The van der Waals surface area contributed by atoms with Crippen LogP contribution < -0.4 is 10.6 Å². The van der Waals surface area contributed by atoms with Gasteiger partial charge in [0.25, 0.3) is 0 Å². The number of unbranched alkanes of at least 4 members (excludes halogenated alkanes) is 1. The van der Waals surface area contributed by atoms with Crippen LogP contribution in [0.1, 0.15) is 79.6 Å². The molecule has 0 aromatic carbocycles. The summed E-state index contributed by atoms with van der Waals surface area (Å²) in [5.41, 5.74) is 6.10. The maximum absolute atomic E-state index is 11.1. The van der Waals surface area contributed by atoms with Gasteiger partial charge in [-0.2, -0.15) is 0 Å². The van der Waals surface area contributed by atoms with Crippen molar-refractivity contribution < 1.29 is 24.6 Å². The number of urea groups is 1. The molecule has 0 saturated carbocycles. The van der Waals surface area contributed by atoms with Gasteiger partial charge in [-0.25, -0.2) is 9.59 Å². The van der Waals surface area contributed by atoms with E-state index < -0.39 is 11.9 Å². The van der Waals surface area contributed by atoms with E-state index in [9.17, 15) is 14.4 Å². The van der Waals surface area contributed by atoms with Gasteiger partial charge in [0.2, 0.25) is 0 Å². The second kappa shape index (κ2) is 14.8. The second-order valence-electron chi connectivity index (χ2n) is 10.7. The summed E-state index contributed by atoms with van der Waals surface area (Å²) in [6, 6.07) is 0.0234. The van der Waals surface area contributed by atoms with Gasteiger partial charge in [0.15, 0.2) is 0 Å². The first-order valence-corrected chi connectivity index (χ1v) is 14.2. The number of carbonyl (C=O) groups excluding carboxylic acids is 1. The quantitative estimate of drug-likeness (QED) is 0.136. The first-order chi connectivity index (χ1) is 17.9. The number of carboxylic acids is 2. The minimum absolute atomic E-state index is 0.122. The zero-order valence-corrected chi connectivity index (χ0v) is 24.0. The summed E-state index contributed by atoms with van der Waals surface area (Å²) in [7, 11) is 0. The molecule has 2 heterocycles. The van der Waals surface area contributed by atoms with E-state index in [2.05, 4.69) is 50.5 Å². The van der Waals surface area contributed by atoms with Crippen LogP contribution in [-0.4, -0.2) is 40.0 Å². The predicted molar refractivity (Wildman–Crippen MR) is 155 cm³/mol. The molecule has 2 amide bonds. The number of allylic oxidation sites excluding steroid dienone is 10. The fraction of sp³-hybridized carbons (Fsp3) is 0.500. The SMILES string of the molecule is CC1=C(/C=C/C(C)=C/C=C/C(C)=C/C(=O)O)C(C)(C)CCC1.O=C(O)CCCCC1=C2NC(=O)NC2CS1. The molecule has 1 atom stereocenters. The predicted octanol–water partition coefficient (Wildman–Crippen LogP) is 6.87. The average Bonchev–Trinajstić information content (AvgIpc) is 3.35. The van der Waals surface area contributed by atoms with Gasteiger partial charge in [-0.15, -0.1) is 11.8 Å². The van der Waals surface area contributed by atoms with Crippen LogP contribution in [0.25, 0.3) is 0 Å². The summed E-state index contributed by atoms with van der Waals surface area (Å²) in [6.07, 6.45) is 17.7. The highest BCUT2D eigenvalue weighted by molar-refractivity contribution is 8.03. The highest BCUT2D eigenvalue weighted by Crippen LogP contribution is 2.40. The molecule has 0 bridgehead atoms. The first-order valence-electron chi connectivity index (χ1n) is 13.2. The fourth-order valence-electron chi connectivity index (χ4n) is 4.77. The lowest BCUT2D eigenvalue weighted by Crippen LogP contribution is -2.27. The van der Waals surface area contributed by atoms with Crippen LogP contribution in [0.5, 0.6) is 0 Å². The van der Waals surface area contributed by atoms with Crippen molar-refractivity contribution in [2.45, 2.75) is 85.6 Å². The molecule has 3 aliphatic rings. The summed E-state index contributed by atoms with van der Waals surface area (Å²) >= 11 is 1.75. The van der Waals surface area contributed by atoms with Crippen molar-refractivity contribution in [3.8, 4) is 0 Å². The van der Waals surface area contributed by atoms with Gasteiger partial charge in [0.1, 0.15) is 0 Å². The molecule has 0 spiro atoms. The maximum Gasteiger partial charge on any atom is 0.328 e. The molecular weight excluding hydrogens is 500 g/mol. The van der Waals surface area contributed by atoms with Gasteiger partial charge in [0.05, 0.1) is 11.7 Å². The van der Waals surface area contributed by atoms with E-state index in [1.165, 1.54) is 41.4 Å². The molecule has 7 nitrogen and oxygen atoms in total. The number of nitrogens with one attached hydrogen (secondary N) is 2. The van der Waals surface area contributed by atoms with Crippen LogP contribution in [0.4, 0.5) is 4.79 Å². The number of thioether (sulfide) groups is 1. The third-order valence-electron chi connectivity index (χ3n) is 6.80. The lowest BCUT2D eigenvalue weighted by molar-refractivity contribution is -0.137. The summed E-state index contributed by atoms with van der Waals surface area (Å²) in [5.74, 6) is -0.766. The largest absolute Gasteiger partial charge is 0.481 e. The summed E-state index contributed by atoms with van der Waals surface area (Å²) in [5, 5.41) is 22.8. The van der Waals surface area contributed by atoms with E-state index in [0.717, 1.165) is 35.4 Å². The van der Waals surface area contributed by atoms with Gasteiger partial charge < -0.3 is 20.8 Å². The van der Waals surface area contributed by atoms with Crippen molar-refractivity contribution in [1.29, 1.82) is 0 Å². The molecule has 3 rings (SSSR count). The van der Waals surface area contributed by atoms with Crippen LogP contribution in [0, 0.1) is 5.41 Å². The molecule has 1 fully saturated rings. The molecular formula is C30H42N2O5S. The fourth-order valence-corrected chi connectivity index (χ4v) is 6.03. The maximum atomic E-state index is 11.1. The van der Waals surface area contributed by atoms with Crippen molar-refractivity contribution in [3.05, 3.63) is 69.4 Å². The number of fused-ring (bicyclic) bond motifs is 1. The zero-order chi connectivity index (χ0) is 28.3. The van der Waals surface area contributed by atoms with Crippen molar-refractivity contribution in [2.24, 2.45) is 5.41 Å².